The minimum absolute atomic E-state index is 0.206. The van der Waals surface area contributed by atoms with Crippen molar-refractivity contribution in [3.05, 3.63) is 47.0 Å². The Morgan fingerprint density at radius 1 is 0.610 bits per heavy atom. The summed E-state index contributed by atoms with van der Waals surface area (Å²) in [5.74, 6) is 4.11. The van der Waals surface area contributed by atoms with Crippen molar-refractivity contribution in [1.82, 2.24) is 0 Å². The van der Waals surface area contributed by atoms with Crippen molar-refractivity contribution < 1.29 is 17.7 Å². The molecule has 5 heteroatoms. The van der Waals surface area contributed by atoms with Crippen LogP contribution in [0.5, 0.6) is 0 Å². The van der Waals surface area contributed by atoms with E-state index in [0.717, 1.165) is 74.4 Å². The minimum atomic E-state index is -4.22. The van der Waals surface area contributed by atoms with Gasteiger partial charge in [0.05, 0.1) is 0 Å². The van der Waals surface area contributed by atoms with Gasteiger partial charge in [-0.1, -0.05) is 82.6 Å². The lowest BCUT2D eigenvalue weighted by Crippen LogP contribution is -2.40. The summed E-state index contributed by atoms with van der Waals surface area (Å²) in [6.07, 6.45) is 34.7. The first-order chi connectivity index (χ1) is 20.0. The van der Waals surface area contributed by atoms with Crippen LogP contribution in [0.1, 0.15) is 135 Å². The number of allylic oxidation sites excluding steroid dienone is 5. The molecule has 3 atom stereocenters. The fourth-order valence-corrected chi connectivity index (χ4v) is 10.9. The fourth-order valence-electron chi connectivity index (χ4n) is 9.57. The second kappa shape index (κ2) is 13.5. The Morgan fingerprint density at radius 2 is 1.12 bits per heavy atom. The predicted octanol–water partition coefficient (Wildman–Crippen LogP) is 9.85. The first kappa shape index (κ1) is 29.7. The molecule has 6 aliphatic carbocycles. The number of rotatable bonds is 7. The molecule has 0 amide bonds. The van der Waals surface area contributed by atoms with E-state index in [-0.39, 0.29) is 17.8 Å². The standard InChI is InChI=1S/C36H54O4S/c37-41(38,39)36-34(28-17-9-3-10-18-28)24-33(25-35(36)29-19-11-4-12-20-29)40-32-22-30(26-13-5-1-6-14-26)21-31(23-32)27-15-7-2-8-16-27/h22-30,34,36H,1-21H2,(H,37,38,39). The van der Waals surface area contributed by atoms with E-state index in [1.165, 1.54) is 83.5 Å². The summed E-state index contributed by atoms with van der Waals surface area (Å²) in [5.41, 5.74) is 2.53. The van der Waals surface area contributed by atoms with Crippen molar-refractivity contribution in [2.24, 2.45) is 35.5 Å². The van der Waals surface area contributed by atoms with Gasteiger partial charge in [-0.3, -0.25) is 4.55 Å². The van der Waals surface area contributed by atoms with E-state index in [1.807, 2.05) is 6.08 Å². The molecular weight excluding hydrogens is 528 g/mol. The molecule has 6 rings (SSSR count). The molecule has 0 radical (unpaired) electrons. The van der Waals surface area contributed by atoms with E-state index in [2.05, 4.69) is 18.2 Å². The van der Waals surface area contributed by atoms with Crippen LogP contribution < -0.4 is 0 Å². The summed E-state index contributed by atoms with van der Waals surface area (Å²) in [6.45, 7) is 0. The minimum Gasteiger partial charge on any atom is -0.458 e. The van der Waals surface area contributed by atoms with E-state index in [1.54, 1.807) is 5.57 Å². The molecule has 6 aliphatic rings. The van der Waals surface area contributed by atoms with Crippen LogP contribution in [0.2, 0.25) is 0 Å². The summed E-state index contributed by atoms with van der Waals surface area (Å²) < 4.78 is 43.6. The van der Waals surface area contributed by atoms with E-state index in [9.17, 15) is 13.0 Å². The van der Waals surface area contributed by atoms with Crippen LogP contribution in [0.4, 0.5) is 0 Å². The summed E-state index contributed by atoms with van der Waals surface area (Å²) in [6, 6.07) is 0. The van der Waals surface area contributed by atoms with Gasteiger partial charge in [-0.15, -0.1) is 0 Å². The molecule has 0 aromatic heterocycles. The molecule has 0 saturated heterocycles. The number of hydrogen-bond donors (Lipinski definition) is 1. The lowest BCUT2D eigenvalue weighted by atomic mass is 9.71. The van der Waals surface area contributed by atoms with Crippen LogP contribution >= 0.6 is 0 Å². The van der Waals surface area contributed by atoms with Crippen molar-refractivity contribution in [2.75, 3.05) is 0 Å². The van der Waals surface area contributed by atoms with Gasteiger partial charge >= 0.3 is 0 Å². The lowest BCUT2D eigenvalue weighted by Gasteiger charge is -2.39. The van der Waals surface area contributed by atoms with Crippen LogP contribution in [-0.2, 0) is 14.9 Å². The molecule has 0 heterocycles. The second-order valence-corrected chi connectivity index (χ2v) is 16.0. The summed E-state index contributed by atoms with van der Waals surface area (Å²) in [7, 11) is -4.22. The highest BCUT2D eigenvalue weighted by molar-refractivity contribution is 7.86. The summed E-state index contributed by atoms with van der Waals surface area (Å²) in [4.78, 5) is 0. The molecule has 3 unspecified atom stereocenters. The fraction of sp³-hybridized carbons (Fsp3) is 0.778. The average molecular weight is 583 g/mol. The highest BCUT2D eigenvalue weighted by Gasteiger charge is 2.44. The van der Waals surface area contributed by atoms with Gasteiger partial charge in [-0.2, -0.15) is 8.42 Å². The third kappa shape index (κ3) is 7.25. The van der Waals surface area contributed by atoms with E-state index < -0.39 is 15.4 Å². The van der Waals surface area contributed by atoms with Crippen molar-refractivity contribution in [2.45, 2.75) is 140 Å². The Balaban J connectivity index is 1.34. The van der Waals surface area contributed by atoms with Gasteiger partial charge in [0.1, 0.15) is 16.8 Å². The number of ether oxygens (including phenoxy) is 1. The van der Waals surface area contributed by atoms with Gasteiger partial charge < -0.3 is 4.74 Å². The molecule has 0 aromatic rings. The van der Waals surface area contributed by atoms with Gasteiger partial charge in [-0.25, -0.2) is 0 Å². The Labute approximate surface area is 249 Å². The lowest BCUT2D eigenvalue weighted by molar-refractivity contribution is 0.242. The van der Waals surface area contributed by atoms with Gasteiger partial charge in [0.25, 0.3) is 10.1 Å². The average Bonchev–Trinajstić information content (AvgIpc) is 3.02. The molecule has 228 valence electrons. The Kier molecular flexibility index (Phi) is 9.82. The third-order valence-corrected chi connectivity index (χ3v) is 13.0. The third-order valence-electron chi connectivity index (χ3n) is 11.7. The van der Waals surface area contributed by atoms with Crippen LogP contribution in [0.25, 0.3) is 0 Å². The van der Waals surface area contributed by atoms with E-state index in [4.69, 9.17) is 4.74 Å². The quantitative estimate of drug-likeness (QED) is 0.303. The molecule has 4 nitrogen and oxygen atoms in total. The molecule has 0 aromatic carbocycles. The molecule has 0 bridgehead atoms. The molecule has 4 saturated carbocycles. The van der Waals surface area contributed by atoms with Gasteiger partial charge in [0.15, 0.2) is 0 Å². The Morgan fingerprint density at radius 3 is 1.71 bits per heavy atom. The Bertz CT molecular complexity index is 1120. The zero-order valence-electron chi connectivity index (χ0n) is 25.3. The molecule has 41 heavy (non-hydrogen) atoms. The maximum Gasteiger partial charge on any atom is 0.272 e. The van der Waals surface area contributed by atoms with Gasteiger partial charge in [0.2, 0.25) is 0 Å². The zero-order chi connectivity index (χ0) is 28.2. The number of hydrogen-bond acceptors (Lipinski definition) is 3. The van der Waals surface area contributed by atoms with Crippen LogP contribution in [0.15, 0.2) is 47.0 Å². The monoisotopic (exact) mass is 582 g/mol. The predicted molar refractivity (Wildman–Crippen MR) is 167 cm³/mol. The molecule has 1 N–H and O–H groups in total. The molecular formula is C36H54O4S. The van der Waals surface area contributed by atoms with Crippen LogP contribution in [0, 0.1) is 35.5 Å². The van der Waals surface area contributed by atoms with Crippen LogP contribution in [0.3, 0.4) is 0 Å². The maximum absolute atomic E-state index is 13.0. The van der Waals surface area contributed by atoms with Crippen molar-refractivity contribution in [3.63, 3.8) is 0 Å². The van der Waals surface area contributed by atoms with Crippen LogP contribution in [-0.4, -0.2) is 18.2 Å². The van der Waals surface area contributed by atoms with Crippen molar-refractivity contribution >= 4 is 10.1 Å². The highest BCUT2D eigenvalue weighted by atomic mass is 32.2. The molecule has 0 aliphatic heterocycles. The molecule has 0 spiro atoms. The van der Waals surface area contributed by atoms with Crippen molar-refractivity contribution in [3.8, 4) is 0 Å². The molecule has 4 fully saturated rings. The maximum atomic E-state index is 13.0. The van der Waals surface area contributed by atoms with Gasteiger partial charge in [-0.05, 0) is 117 Å². The normalized spacial score (nSPS) is 32.1. The topological polar surface area (TPSA) is 63.6 Å². The summed E-state index contributed by atoms with van der Waals surface area (Å²) >= 11 is 0. The zero-order valence-corrected chi connectivity index (χ0v) is 26.1. The first-order valence-electron chi connectivity index (χ1n) is 17.5. The van der Waals surface area contributed by atoms with Crippen molar-refractivity contribution in [1.29, 1.82) is 0 Å². The Hall–Kier alpha value is -1.33. The van der Waals surface area contributed by atoms with Gasteiger partial charge in [0, 0.05) is 5.92 Å². The van der Waals surface area contributed by atoms with E-state index >= 15 is 0 Å². The second-order valence-electron chi connectivity index (χ2n) is 14.5. The SMILES string of the molecule is O=S(=O)(O)C1C(C2CCCCC2)=CC(OC2=CC(C3CCCCC3)CC(C3CCCCC3)=C2)=CC1C1CCCCC1. The largest absolute Gasteiger partial charge is 0.458 e. The van der Waals surface area contributed by atoms with E-state index in [0.29, 0.717) is 11.8 Å². The smallest absolute Gasteiger partial charge is 0.272 e. The first-order valence-corrected chi connectivity index (χ1v) is 19.0. The highest BCUT2D eigenvalue weighted by Crippen LogP contribution is 2.46. The summed E-state index contributed by atoms with van der Waals surface area (Å²) in [5, 5.41) is -0.815.